The van der Waals surface area contributed by atoms with Gasteiger partial charge < -0.3 is 4.74 Å². The summed E-state index contributed by atoms with van der Waals surface area (Å²) in [7, 11) is 0. The fourth-order valence-corrected chi connectivity index (χ4v) is 7.70. The van der Waals surface area contributed by atoms with E-state index in [0.717, 1.165) is 6.54 Å². The number of aromatic nitrogens is 1. The fourth-order valence-electron chi connectivity index (χ4n) is 7.70. The van der Waals surface area contributed by atoms with Gasteiger partial charge in [0.25, 0.3) is 0 Å². The lowest BCUT2D eigenvalue weighted by Crippen LogP contribution is -2.75. The lowest BCUT2D eigenvalue weighted by atomic mass is 9.12. The molecule has 29 heteroatoms. The Hall–Kier alpha value is -6.97. The SMILES string of the molecule is FC(F)(F)c1cc([B-](c2cc(C(F)(F)F)cc(C(F)(F)F)c2)(c2cc(C(F)(F)F)cc(C(F)(F)F)c2)c2cc(C(F)(F)F)cc(C(F)(F)F)c2)cc(C(F)(F)F)c1.O=C(OCF)c1cc[n+](Cc2ccccc2)cc1. The highest BCUT2D eigenvalue weighted by Gasteiger charge is 2.47. The number of halogens is 25. The van der Waals surface area contributed by atoms with Crippen LogP contribution in [0.5, 0.6) is 0 Å². The van der Waals surface area contributed by atoms with E-state index in [0.29, 0.717) is 5.56 Å². The van der Waals surface area contributed by atoms with E-state index < -0.39 is 208 Å². The van der Waals surface area contributed by atoms with E-state index in [1.807, 2.05) is 34.9 Å². The van der Waals surface area contributed by atoms with Crippen molar-refractivity contribution in [2.75, 3.05) is 6.86 Å². The maximum Gasteiger partial charge on any atom is 0.416 e. The van der Waals surface area contributed by atoms with Gasteiger partial charge in [-0.1, -0.05) is 78.9 Å². The van der Waals surface area contributed by atoms with Crippen molar-refractivity contribution in [2.24, 2.45) is 0 Å². The summed E-state index contributed by atoms with van der Waals surface area (Å²) in [6.07, 6.45) is -51.3. The number of hydrogen-bond acceptors (Lipinski definition) is 2. The number of benzene rings is 5. The number of carbonyl (C=O) groups is 1. The highest BCUT2D eigenvalue weighted by molar-refractivity contribution is 7.20. The Morgan fingerprint density at radius 3 is 0.827 bits per heavy atom. The molecule has 1 aromatic heterocycles. The summed E-state index contributed by atoms with van der Waals surface area (Å²) in [5.74, 6) is -0.649. The van der Waals surface area contributed by atoms with Gasteiger partial charge in [-0.05, 0) is 24.3 Å². The molecule has 0 N–H and O–H groups in total. The van der Waals surface area contributed by atoms with Crippen molar-refractivity contribution < 1.29 is 124 Å². The molecule has 0 aliphatic rings. The number of pyridine rings is 1. The van der Waals surface area contributed by atoms with Crippen molar-refractivity contribution in [2.45, 2.75) is 56.0 Å². The molecule has 0 saturated carbocycles. The van der Waals surface area contributed by atoms with Crippen LogP contribution in [0.25, 0.3) is 0 Å². The van der Waals surface area contributed by atoms with E-state index in [4.69, 9.17) is 0 Å². The van der Waals surface area contributed by atoms with Gasteiger partial charge in [0.05, 0.1) is 50.1 Å². The summed E-state index contributed by atoms with van der Waals surface area (Å²) in [4.78, 5) is 11.2. The third-order valence-corrected chi connectivity index (χ3v) is 11.0. The van der Waals surface area contributed by atoms with Crippen LogP contribution in [0, 0.1) is 0 Å². The van der Waals surface area contributed by atoms with E-state index in [-0.39, 0.29) is 0 Å². The van der Waals surface area contributed by atoms with Crippen molar-refractivity contribution in [1.82, 2.24) is 0 Å². The molecule has 0 bridgehead atoms. The second kappa shape index (κ2) is 20.6. The molecule has 0 amide bonds. The zero-order chi connectivity index (χ0) is 56.7. The van der Waals surface area contributed by atoms with Crippen LogP contribution in [0.4, 0.5) is 110 Å². The molecular weight excluding hydrogens is 1080 g/mol. The van der Waals surface area contributed by atoms with E-state index in [9.17, 15) is 115 Å². The average Bonchev–Trinajstić information content (AvgIpc) is 3.27. The molecule has 0 atom stereocenters. The van der Waals surface area contributed by atoms with Crippen LogP contribution in [0.15, 0.2) is 128 Å². The summed E-state index contributed by atoms with van der Waals surface area (Å²) in [6, 6.07) is 4.38. The smallest absolute Gasteiger partial charge is 0.416 e. The fraction of sp³-hybridized carbons (Fsp3) is 0.217. The third kappa shape index (κ3) is 14.1. The summed E-state index contributed by atoms with van der Waals surface area (Å²) in [5.41, 5.74) is -28.7. The molecule has 0 aliphatic heterocycles. The van der Waals surface area contributed by atoms with Crippen molar-refractivity contribution in [3.63, 3.8) is 0 Å². The summed E-state index contributed by atoms with van der Waals surface area (Å²) in [5, 5.41) is 0. The monoisotopic (exact) mass is 1110 g/mol. The van der Waals surface area contributed by atoms with Crippen LogP contribution < -0.4 is 26.4 Å². The molecule has 5 aromatic carbocycles. The van der Waals surface area contributed by atoms with E-state index in [1.54, 1.807) is 24.5 Å². The summed E-state index contributed by atoms with van der Waals surface area (Å²) >= 11 is 0. The molecule has 6 aromatic rings. The van der Waals surface area contributed by atoms with Gasteiger partial charge >= 0.3 is 55.4 Å². The molecule has 6 rings (SSSR count). The number of alkyl halides is 25. The zero-order valence-electron chi connectivity index (χ0n) is 36.3. The average molecular weight is 1110 g/mol. The topological polar surface area (TPSA) is 30.2 Å². The number of carbonyl (C=O) groups excluding carboxylic acids is 1. The first-order chi connectivity index (χ1) is 34.1. The number of esters is 1. The Bertz CT molecular complexity index is 2550. The number of ether oxygens (including phenoxy) is 1. The summed E-state index contributed by atoms with van der Waals surface area (Å²) < 4.78 is 359. The van der Waals surface area contributed by atoms with Gasteiger partial charge in [-0.2, -0.15) is 127 Å². The second-order valence-electron chi connectivity index (χ2n) is 16.0. The molecule has 0 aliphatic carbocycles. The van der Waals surface area contributed by atoms with Gasteiger partial charge in [0, 0.05) is 17.7 Å². The minimum Gasteiger partial charge on any atom is -0.430 e. The van der Waals surface area contributed by atoms with Crippen molar-refractivity contribution in [1.29, 1.82) is 0 Å². The number of rotatable bonds is 8. The largest absolute Gasteiger partial charge is 0.430 e. The predicted octanol–water partition coefficient (Wildman–Crippen LogP) is 13.3. The highest BCUT2D eigenvalue weighted by atomic mass is 19.4. The molecule has 0 radical (unpaired) electrons. The quantitative estimate of drug-likeness (QED) is 0.0658. The van der Waals surface area contributed by atoms with E-state index in [1.165, 1.54) is 5.56 Å². The van der Waals surface area contributed by atoms with Crippen molar-refractivity contribution >= 4 is 34.0 Å². The number of hydrogen-bond donors (Lipinski definition) is 0. The first-order valence-corrected chi connectivity index (χ1v) is 20.2. The first-order valence-electron chi connectivity index (χ1n) is 20.2. The first kappa shape index (κ1) is 58.9. The van der Waals surface area contributed by atoms with Crippen LogP contribution in [-0.4, -0.2) is 19.0 Å². The molecule has 75 heavy (non-hydrogen) atoms. The van der Waals surface area contributed by atoms with Crippen LogP contribution in [0.1, 0.15) is 60.4 Å². The standard InChI is InChI=1S/C32H12BF24.C14H13FNO2/c34-25(35,36)13-1-14(26(37,38)39)6-21(5-13)33(22-7-15(27(40,41)42)2-16(8-22)28(43,44)45,23-9-17(29(46,47)48)3-18(10-23)30(49,50)51)24-11-19(31(52,53)54)4-20(12-24)32(55,56)57;15-11-18-14(17)13-6-8-16(9-7-13)10-12-4-2-1-3-5-12/h1-12H;1-9H,10-11H2/q-1;+1. The molecule has 0 spiro atoms. The second-order valence-corrected chi connectivity index (χ2v) is 16.0. The van der Waals surface area contributed by atoms with Gasteiger partial charge in [0.1, 0.15) is 6.15 Å². The Labute approximate surface area is 403 Å². The lowest BCUT2D eigenvalue weighted by Gasteiger charge is -2.46. The van der Waals surface area contributed by atoms with E-state index >= 15 is 0 Å². The van der Waals surface area contributed by atoms with Gasteiger partial charge in [0.15, 0.2) is 18.9 Å². The Morgan fingerprint density at radius 1 is 0.373 bits per heavy atom. The summed E-state index contributed by atoms with van der Waals surface area (Å²) in [6.45, 7) is -0.378. The molecule has 0 saturated heterocycles. The van der Waals surface area contributed by atoms with Gasteiger partial charge in [-0.15, -0.1) is 0 Å². The van der Waals surface area contributed by atoms with E-state index in [2.05, 4.69) is 4.74 Å². The normalized spacial score (nSPS) is 13.3. The van der Waals surface area contributed by atoms with Gasteiger partial charge in [0.2, 0.25) is 6.86 Å². The minimum atomic E-state index is -6.13. The van der Waals surface area contributed by atoms with Gasteiger partial charge in [-0.25, -0.2) is 13.8 Å². The van der Waals surface area contributed by atoms with Crippen molar-refractivity contribution in [3.05, 3.63) is 183 Å². The third-order valence-electron chi connectivity index (χ3n) is 11.0. The molecule has 0 fully saturated rings. The predicted molar refractivity (Wildman–Crippen MR) is 214 cm³/mol. The maximum atomic E-state index is 14.2. The van der Waals surface area contributed by atoms with Crippen LogP contribution >= 0.6 is 0 Å². The minimum absolute atomic E-state index is 0.344. The number of nitrogens with zero attached hydrogens (tertiary/aromatic N) is 1. The van der Waals surface area contributed by atoms with Crippen LogP contribution in [0.2, 0.25) is 0 Å². The van der Waals surface area contributed by atoms with Crippen LogP contribution in [-0.2, 0) is 60.7 Å². The molecule has 0 unspecified atom stereocenters. The lowest BCUT2D eigenvalue weighted by molar-refractivity contribution is -0.688. The molecule has 404 valence electrons. The highest BCUT2D eigenvalue weighted by Crippen LogP contribution is 2.41. The Kier molecular flexibility index (Phi) is 16.2. The molecular formula is C46H25BF25NO2. The molecule has 1 heterocycles. The Morgan fingerprint density at radius 2 is 0.613 bits per heavy atom. The molecule has 3 nitrogen and oxygen atoms in total. The van der Waals surface area contributed by atoms with Crippen LogP contribution in [0.3, 0.4) is 0 Å². The zero-order valence-corrected chi connectivity index (χ0v) is 36.3. The maximum absolute atomic E-state index is 14.2. The van der Waals surface area contributed by atoms with Gasteiger partial charge in [-0.3, -0.25) is 0 Å². The van der Waals surface area contributed by atoms with Crippen molar-refractivity contribution in [3.8, 4) is 0 Å². The Balaban J connectivity index is 0.000000483.